The number of hydrogen-bond acceptors (Lipinski definition) is 6. The van der Waals surface area contributed by atoms with Crippen LogP contribution in [-0.2, 0) is 4.79 Å². The Labute approximate surface area is 125 Å². The van der Waals surface area contributed by atoms with Gasteiger partial charge in [-0.2, -0.15) is 10.2 Å². The molecule has 1 aliphatic heterocycles. The normalized spacial score (nSPS) is 15.9. The lowest BCUT2D eigenvalue weighted by Gasteiger charge is -2.29. The molecule has 0 aromatic carbocycles. The molecule has 108 valence electrons. The highest BCUT2D eigenvalue weighted by Crippen LogP contribution is 2.32. The molecule has 2 aromatic heterocycles. The lowest BCUT2D eigenvalue weighted by atomic mass is 9.97. The van der Waals surface area contributed by atoms with E-state index in [1.807, 2.05) is 22.4 Å². The van der Waals surface area contributed by atoms with Crippen molar-refractivity contribution in [2.24, 2.45) is 5.92 Å². The first-order valence-corrected chi connectivity index (χ1v) is 7.49. The van der Waals surface area contributed by atoms with Gasteiger partial charge in [-0.1, -0.05) is 6.07 Å². The van der Waals surface area contributed by atoms with E-state index < -0.39 is 5.97 Å². The van der Waals surface area contributed by atoms with Gasteiger partial charge in [-0.05, 0) is 24.3 Å². The fourth-order valence-corrected chi connectivity index (χ4v) is 3.08. The SMILES string of the molecule is N#Cc1nc(-c2cccs2)oc1N1CCC(C(=O)O)CC1. The van der Waals surface area contributed by atoms with Gasteiger partial charge in [0.2, 0.25) is 17.5 Å². The van der Waals surface area contributed by atoms with Crippen molar-refractivity contribution < 1.29 is 14.3 Å². The van der Waals surface area contributed by atoms with E-state index >= 15 is 0 Å². The number of carbonyl (C=O) groups is 1. The monoisotopic (exact) mass is 303 g/mol. The van der Waals surface area contributed by atoms with Crippen LogP contribution in [0.1, 0.15) is 18.5 Å². The molecule has 0 saturated carbocycles. The smallest absolute Gasteiger partial charge is 0.306 e. The number of aliphatic carboxylic acids is 1. The van der Waals surface area contributed by atoms with E-state index in [0.717, 1.165) is 4.88 Å². The topological polar surface area (TPSA) is 90.4 Å². The first kappa shape index (κ1) is 13.6. The third kappa shape index (κ3) is 2.62. The van der Waals surface area contributed by atoms with E-state index in [1.165, 1.54) is 11.3 Å². The van der Waals surface area contributed by atoms with Crippen LogP contribution in [0.3, 0.4) is 0 Å². The molecule has 2 aromatic rings. The Kier molecular flexibility index (Phi) is 3.62. The maximum Gasteiger partial charge on any atom is 0.306 e. The van der Waals surface area contributed by atoms with Gasteiger partial charge in [0.25, 0.3) is 0 Å². The minimum absolute atomic E-state index is 0.257. The van der Waals surface area contributed by atoms with Crippen LogP contribution >= 0.6 is 11.3 Å². The Hall–Kier alpha value is -2.33. The van der Waals surface area contributed by atoms with Gasteiger partial charge in [0.15, 0.2) is 0 Å². The average Bonchev–Trinajstić information content (AvgIpc) is 3.16. The van der Waals surface area contributed by atoms with E-state index in [-0.39, 0.29) is 11.6 Å². The third-order valence-corrected chi connectivity index (χ3v) is 4.44. The molecule has 0 atom stereocenters. The maximum atomic E-state index is 11.0. The Morgan fingerprint density at radius 1 is 1.52 bits per heavy atom. The van der Waals surface area contributed by atoms with Crippen LogP contribution in [-0.4, -0.2) is 29.1 Å². The Balaban J connectivity index is 1.83. The zero-order valence-corrected chi connectivity index (χ0v) is 12.0. The van der Waals surface area contributed by atoms with E-state index in [1.54, 1.807) is 0 Å². The number of aromatic nitrogens is 1. The van der Waals surface area contributed by atoms with E-state index in [4.69, 9.17) is 9.52 Å². The second kappa shape index (κ2) is 5.58. The molecule has 1 saturated heterocycles. The molecule has 21 heavy (non-hydrogen) atoms. The summed E-state index contributed by atoms with van der Waals surface area (Å²) in [6, 6.07) is 5.84. The second-order valence-corrected chi connectivity index (χ2v) is 5.81. The van der Waals surface area contributed by atoms with Gasteiger partial charge in [-0.3, -0.25) is 4.79 Å². The zero-order valence-electron chi connectivity index (χ0n) is 11.2. The molecule has 1 fully saturated rings. The van der Waals surface area contributed by atoms with Crippen LogP contribution in [0, 0.1) is 17.2 Å². The van der Waals surface area contributed by atoms with Gasteiger partial charge in [0, 0.05) is 13.1 Å². The molecule has 0 bridgehead atoms. The summed E-state index contributed by atoms with van der Waals surface area (Å²) in [5.74, 6) is -0.180. The molecular weight excluding hydrogens is 290 g/mol. The molecule has 6 nitrogen and oxygen atoms in total. The standard InChI is InChI=1S/C14H13N3O3S/c15-8-10-13(17-5-3-9(4-6-17)14(18)19)20-12(16-10)11-2-1-7-21-11/h1-2,7,9H,3-6H2,(H,18,19). The summed E-state index contributed by atoms with van der Waals surface area (Å²) in [5, 5.41) is 20.2. The number of oxazole rings is 1. The van der Waals surface area contributed by atoms with Crippen LogP contribution in [0.25, 0.3) is 10.8 Å². The van der Waals surface area contributed by atoms with Crippen molar-refractivity contribution in [2.45, 2.75) is 12.8 Å². The van der Waals surface area contributed by atoms with Crippen molar-refractivity contribution in [2.75, 3.05) is 18.0 Å². The van der Waals surface area contributed by atoms with Crippen molar-refractivity contribution in [3.8, 4) is 16.8 Å². The number of piperidine rings is 1. The van der Waals surface area contributed by atoms with E-state index in [9.17, 15) is 10.1 Å². The molecule has 0 aliphatic carbocycles. The summed E-state index contributed by atoms with van der Waals surface area (Å²) in [5.41, 5.74) is 0.257. The lowest BCUT2D eigenvalue weighted by Crippen LogP contribution is -2.36. The fraction of sp³-hybridized carbons (Fsp3) is 0.357. The van der Waals surface area contributed by atoms with E-state index in [2.05, 4.69) is 11.1 Å². The molecule has 3 heterocycles. The van der Waals surface area contributed by atoms with Crippen molar-refractivity contribution in [1.29, 1.82) is 5.26 Å². The Bertz CT molecular complexity index is 679. The lowest BCUT2D eigenvalue weighted by molar-refractivity contribution is -0.142. The maximum absolute atomic E-state index is 11.0. The number of carboxylic acid groups (broad SMARTS) is 1. The molecule has 0 amide bonds. The number of anilines is 1. The van der Waals surface area contributed by atoms with Gasteiger partial charge in [-0.25, -0.2) is 0 Å². The summed E-state index contributed by atoms with van der Waals surface area (Å²) < 4.78 is 5.74. The number of nitriles is 1. The molecule has 0 radical (unpaired) electrons. The van der Waals surface area contributed by atoms with E-state index in [0.29, 0.717) is 37.7 Å². The van der Waals surface area contributed by atoms with Gasteiger partial charge in [0.05, 0.1) is 10.8 Å². The fourth-order valence-electron chi connectivity index (χ4n) is 2.43. The van der Waals surface area contributed by atoms with Crippen molar-refractivity contribution in [1.82, 2.24) is 4.98 Å². The minimum Gasteiger partial charge on any atom is -0.481 e. The highest BCUT2D eigenvalue weighted by Gasteiger charge is 2.28. The predicted molar refractivity (Wildman–Crippen MR) is 77.1 cm³/mol. The average molecular weight is 303 g/mol. The molecule has 0 spiro atoms. The summed E-state index contributed by atoms with van der Waals surface area (Å²) >= 11 is 1.50. The number of carboxylic acids is 1. The molecule has 1 N–H and O–H groups in total. The van der Waals surface area contributed by atoms with Crippen LogP contribution < -0.4 is 4.90 Å². The van der Waals surface area contributed by atoms with Crippen LogP contribution in [0.5, 0.6) is 0 Å². The van der Waals surface area contributed by atoms with Crippen LogP contribution in [0.2, 0.25) is 0 Å². The summed E-state index contributed by atoms with van der Waals surface area (Å²) in [4.78, 5) is 18.0. The number of thiophene rings is 1. The van der Waals surface area contributed by atoms with Gasteiger partial charge < -0.3 is 14.4 Å². The highest BCUT2D eigenvalue weighted by molar-refractivity contribution is 7.13. The third-order valence-electron chi connectivity index (χ3n) is 3.58. The molecular formula is C14H13N3O3S. The van der Waals surface area contributed by atoms with Crippen molar-refractivity contribution in [3.63, 3.8) is 0 Å². The Morgan fingerprint density at radius 2 is 2.29 bits per heavy atom. The predicted octanol–water partition coefficient (Wildman–Crippen LogP) is 2.58. The van der Waals surface area contributed by atoms with Gasteiger partial charge >= 0.3 is 5.97 Å². The molecule has 7 heteroatoms. The highest BCUT2D eigenvalue weighted by atomic mass is 32.1. The number of rotatable bonds is 3. The minimum atomic E-state index is -0.757. The first-order valence-electron chi connectivity index (χ1n) is 6.61. The van der Waals surface area contributed by atoms with Gasteiger partial charge in [0.1, 0.15) is 6.07 Å². The van der Waals surface area contributed by atoms with Crippen LogP contribution in [0.4, 0.5) is 5.88 Å². The Morgan fingerprint density at radius 3 is 2.86 bits per heavy atom. The molecule has 1 aliphatic rings. The van der Waals surface area contributed by atoms with Crippen molar-refractivity contribution in [3.05, 3.63) is 23.2 Å². The summed E-state index contributed by atoms with van der Waals surface area (Å²) in [7, 11) is 0. The van der Waals surface area contributed by atoms with Crippen molar-refractivity contribution >= 4 is 23.2 Å². The summed E-state index contributed by atoms with van der Waals surface area (Å²) in [6.07, 6.45) is 1.10. The summed E-state index contributed by atoms with van der Waals surface area (Å²) in [6.45, 7) is 1.12. The first-order chi connectivity index (χ1) is 10.2. The zero-order chi connectivity index (χ0) is 14.8. The van der Waals surface area contributed by atoms with Crippen LogP contribution in [0.15, 0.2) is 21.9 Å². The van der Waals surface area contributed by atoms with Gasteiger partial charge in [-0.15, -0.1) is 11.3 Å². The number of hydrogen-bond donors (Lipinski definition) is 1. The quantitative estimate of drug-likeness (QED) is 0.937. The molecule has 0 unspecified atom stereocenters. The molecule has 3 rings (SSSR count). The second-order valence-electron chi connectivity index (χ2n) is 4.86. The largest absolute Gasteiger partial charge is 0.481 e. The number of nitrogens with zero attached hydrogens (tertiary/aromatic N) is 3.